The van der Waals surface area contributed by atoms with Crippen LogP contribution in [0.5, 0.6) is 0 Å². The molecule has 0 aliphatic carbocycles. The largest absolute Gasteiger partial charge is 0.345 e. The number of nitriles is 1. The molecule has 3 aromatic rings. The summed E-state index contributed by atoms with van der Waals surface area (Å²) in [5.41, 5.74) is 3.86. The maximum Gasteiger partial charge on any atom is 0.255 e. The minimum atomic E-state index is -0.161. The third-order valence-corrected chi connectivity index (χ3v) is 4.79. The quantitative estimate of drug-likeness (QED) is 0.636. The molecule has 0 radical (unpaired) electrons. The van der Waals surface area contributed by atoms with E-state index in [-0.39, 0.29) is 17.7 Å². The normalized spacial score (nSPS) is 9.65. The summed E-state index contributed by atoms with van der Waals surface area (Å²) >= 11 is 0. The number of benzene rings is 3. The molecule has 0 spiro atoms. The molecule has 1 N–H and O–H groups in total. The molecular formula is C27H28N4O3. The first-order valence-electron chi connectivity index (χ1n) is 10.5. The number of carbonyl (C=O) groups is 3. The van der Waals surface area contributed by atoms with Gasteiger partial charge in [0.25, 0.3) is 17.7 Å². The van der Waals surface area contributed by atoms with Crippen molar-refractivity contribution in [2.45, 2.75) is 6.92 Å². The number of rotatable bonds is 4. The summed E-state index contributed by atoms with van der Waals surface area (Å²) in [5, 5.41) is 11.5. The molecule has 3 rings (SSSR count). The van der Waals surface area contributed by atoms with E-state index in [9.17, 15) is 14.4 Å². The molecule has 7 nitrogen and oxygen atoms in total. The second kappa shape index (κ2) is 12.0. The summed E-state index contributed by atoms with van der Waals surface area (Å²) in [6.45, 7) is 1.97. The van der Waals surface area contributed by atoms with Gasteiger partial charge in [-0.15, -0.1) is 0 Å². The molecule has 7 heteroatoms. The average molecular weight is 457 g/mol. The fraction of sp³-hybridized carbons (Fsp3) is 0.185. The zero-order valence-electron chi connectivity index (χ0n) is 20.0. The molecular weight excluding hydrogens is 428 g/mol. The van der Waals surface area contributed by atoms with Crippen LogP contribution in [0.2, 0.25) is 0 Å². The third kappa shape index (κ3) is 7.04. The number of anilines is 1. The van der Waals surface area contributed by atoms with Crippen molar-refractivity contribution >= 4 is 23.4 Å². The number of aryl methyl sites for hydroxylation is 1. The van der Waals surface area contributed by atoms with Gasteiger partial charge in [-0.1, -0.05) is 29.8 Å². The minimum absolute atomic E-state index is 0.153. The van der Waals surface area contributed by atoms with Crippen LogP contribution in [0.3, 0.4) is 0 Å². The number of carbonyl (C=O) groups excluding carboxylic acids is 3. The van der Waals surface area contributed by atoms with E-state index < -0.39 is 0 Å². The van der Waals surface area contributed by atoms with Gasteiger partial charge in [-0.2, -0.15) is 5.26 Å². The number of hydrogen-bond donors (Lipinski definition) is 1. The van der Waals surface area contributed by atoms with Gasteiger partial charge in [-0.3, -0.25) is 14.4 Å². The van der Waals surface area contributed by atoms with Crippen molar-refractivity contribution in [2.24, 2.45) is 0 Å². The van der Waals surface area contributed by atoms with Gasteiger partial charge < -0.3 is 15.1 Å². The number of amides is 3. The first-order chi connectivity index (χ1) is 16.1. The highest BCUT2D eigenvalue weighted by Gasteiger charge is 2.18. The van der Waals surface area contributed by atoms with Crippen LogP contribution >= 0.6 is 0 Å². The highest BCUT2D eigenvalue weighted by atomic mass is 16.2. The van der Waals surface area contributed by atoms with E-state index in [2.05, 4.69) is 5.32 Å². The van der Waals surface area contributed by atoms with Crippen molar-refractivity contribution in [1.29, 1.82) is 5.26 Å². The summed E-state index contributed by atoms with van der Waals surface area (Å²) in [6.07, 6.45) is 0. The Bertz CT molecular complexity index is 1150. The van der Waals surface area contributed by atoms with Crippen LogP contribution in [0.4, 0.5) is 5.69 Å². The zero-order valence-corrected chi connectivity index (χ0v) is 20.0. The lowest BCUT2D eigenvalue weighted by molar-refractivity contribution is 0.0790. The van der Waals surface area contributed by atoms with E-state index in [4.69, 9.17) is 5.26 Å². The summed E-state index contributed by atoms with van der Waals surface area (Å²) in [7, 11) is 6.66. The predicted octanol–water partition coefficient (Wildman–Crippen LogP) is 4.21. The Hall–Kier alpha value is -4.44. The fourth-order valence-corrected chi connectivity index (χ4v) is 2.87. The predicted molar refractivity (Wildman–Crippen MR) is 133 cm³/mol. The van der Waals surface area contributed by atoms with Crippen LogP contribution < -0.4 is 5.32 Å². The second-order valence-corrected chi connectivity index (χ2v) is 7.95. The molecule has 3 aromatic carbocycles. The molecule has 0 aliphatic rings. The monoisotopic (exact) mass is 456 g/mol. The molecule has 0 unspecified atom stereocenters. The third-order valence-electron chi connectivity index (χ3n) is 4.79. The number of nitrogens with one attached hydrogen (secondary N) is 1. The van der Waals surface area contributed by atoms with Crippen LogP contribution in [0.15, 0.2) is 72.8 Å². The van der Waals surface area contributed by atoms with E-state index in [0.717, 1.165) is 5.56 Å². The van der Waals surface area contributed by atoms with Crippen molar-refractivity contribution < 1.29 is 14.4 Å². The molecule has 0 fully saturated rings. The molecule has 3 amide bonds. The Kier molecular flexibility index (Phi) is 9.09. The average Bonchev–Trinajstić information content (AvgIpc) is 2.84. The SMILES string of the molecule is CN(C)C(=O)c1ccccc1C(=O)N(C)C.Cc1ccc(C(=O)Nc2ccc(C#N)cc2)cc1. The van der Waals surface area contributed by atoms with Gasteiger partial charge in [0.2, 0.25) is 0 Å². The fourth-order valence-electron chi connectivity index (χ4n) is 2.87. The van der Waals surface area contributed by atoms with Gasteiger partial charge in [0.05, 0.1) is 22.8 Å². The van der Waals surface area contributed by atoms with Gasteiger partial charge >= 0.3 is 0 Å². The molecule has 0 saturated carbocycles. The molecule has 0 saturated heterocycles. The van der Waals surface area contributed by atoms with E-state index in [1.54, 1.807) is 88.9 Å². The van der Waals surface area contributed by atoms with Crippen molar-refractivity contribution in [3.63, 3.8) is 0 Å². The minimum Gasteiger partial charge on any atom is -0.345 e. The molecule has 174 valence electrons. The maximum absolute atomic E-state index is 11.9. The summed E-state index contributed by atoms with van der Waals surface area (Å²) in [6, 6.07) is 23.0. The Morgan fingerprint density at radius 2 is 1.21 bits per heavy atom. The van der Waals surface area contributed by atoms with Crippen molar-refractivity contribution in [1.82, 2.24) is 9.80 Å². The summed E-state index contributed by atoms with van der Waals surface area (Å²) in [5.74, 6) is -0.476. The van der Waals surface area contributed by atoms with Crippen LogP contribution in [-0.2, 0) is 0 Å². The highest BCUT2D eigenvalue weighted by molar-refractivity contribution is 6.07. The lowest BCUT2D eigenvalue weighted by Gasteiger charge is -2.16. The molecule has 0 atom stereocenters. The summed E-state index contributed by atoms with van der Waals surface area (Å²) < 4.78 is 0. The van der Waals surface area contributed by atoms with Crippen LogP contribution in [0.25, 0.3) is 0 Å². The molecule has 0 aliphatic heterocycles. The van der Waals surface area contributed by atoms with E-state index in [1.165, 1.54) is 9.80 Å². The van der Waals surface area contributed by atoms with Crippen molar-refractivity contribution in [2.75, 3.05) is 33.5 Å². The van der Waals surface area contributed by atoms with E-state index in [1.807, 2.05) is 25.1 Å². The second-order valence-electron chi connectivity index (χ2n) is 7.95. The Balaban J connectivity index is 0.000000242. The first-order valence-corrected chi connectivity index (χ1v) is 10.5. The lowest BCUT2D eigenvalue weighted by Crippen LogP contribution is -2.28. The molecule has 34 heavy (non-hydrogen) atoms. The number of nitrogens with zero attached hydrogens (tertiary/aromatic N) is 3. The van der Waals surface area contributed by atoms with Crippen LogP contribution in [0, 0.1) is 18.3 Å². The Morgan fingerprint density at radius 3 is 1.62 bits per heavy atom. The number of hydrogen-bond acceptors (Lipinski definition) is 4. The van der Waals surface area contributed by atoms with Gasteiger partial charge in [-0.05, 0) is 55.5 Å². The van der Waals surface area contributed by atoms with Gasteiger partial charge in [-0.25, -0.2) is 0 Å². The van der Waals surface area contributed by atoms with Gasteiger partial charge in [0.1, 0.15) is 0 Å². The lowest BCUT2D eigenvalue weighted by atomic mass is 10.1. The van der Waals surface area contributed by atoms with Crippen molar-refractivity contribution in [3.8, 4) is 6.07 Å². The van der Waals surface area contributed by atoms with E-state index >= 15 is 0 Å². The molecule has 0 aromatic heterocycles. The maximum atomic E-state index is 11.9. The van der Waals surface area contributed by atoms with Crippen LogP contribution in [0.1, 0.15) is 42.2 Å². The van der Waals surface area contributed by atoms with Crippen LogP contribution in [-0.4, -0.2) is 55.7 Å². The summed E-state index contributed by atoms with van der Waals surface area (Å²) in [4.78, 5) is 38.5. The smallest absolute Gasteiger partial charge is 0.255 e. The topological polar surface area (TPSA) is 93.5 Å². The van der Waals surface area contributed by atoms with Gasteiger partial charge in [0.15, 0.2) is 0 Å². The van der Waals surface area contributed by atoms with Gasteiger partial charge in [0, 0.05) is 39.4 Å². The Morgan fingerprint density at radius 1 is 0.735 bits per heavy atom. The van der Waals surface area contributed by atoms with E-state index in [0.29, 0.717) is 27.9 Å². The standard InChI is InChI=1S/C15H12N2O.C12H16N2O2/c1-11-2-6-13(7-3-11)15(18)17-14-8-4-12(10-16)5-9-14;1-13(2)11(15)9-7-5-6-8-10(9)12(16)14(3)4/h2-9H,1H3,(H,17,18);5-8H,1-4H3. The zero-order chi connectivity index (χ0) is 25.3. The first kappa shape index (κ1) is 25.8. The molecule has 0 heterocycles. The highest BCUT2D eigenvalue weighted by Crippen LogP contribution is 2.13. The van der Waals surface area contributed by atoms with Crippen molar-refractivity contribution in [3.05, 3.63) is 101 Å². The Labute approximate surface area is 200 Å². The molecule has 0 bridgehead atoms.